The van der Waals surface area contributed by atoms with Crippen LogP contribution in [0.2, 0.25) is 0 Å². The molecule has 24 heavy (non-hydrogen) atoms. The number of esters is 2. The summed E-state index contributed by atoms with van der Waals surface area (Å²) in [6, 6.07) is 5.73. The topological polar surface area (TPSA) is 99.5 Å². The van der Waals surface area contributed by atoms with Crippen LogP contribution < -0.4 is 5.32 Å². The molecule has 0 saturated carbocycles. The molecule has 0 spiro atoms. The fraction of sp³-hybridized carbons (Fsp3) is 0.250. The summed E-state index contributed by atoms with van der Waals surface area (Å²) in [5.41, 5.74) is 0.721. The second-order valence-corrected chi connectivity index (χ2v) is 4.79. The van der Waals surface area contributed by atoms with Crippen molar-refractivity contribution in [1.82, 2.24) is 9.78 Å². The molecule has 0 fully saturated rings. The fourth-order valence-electron chi connectivity index (χ4n) is 2.03. The van der Waals surface area contributed by atoms with Crippen molar-refractivity contribution >= 4 is 23.5 Å². The van der Waals surface area contributed by atoms with Crippen molar-refractivity contribution in [3.8, 4) is 0 Å². The zero-order valence-corrected chi connectivity index (χ0v) is 13.5. The molecule has 1 N–H and O–H groups in total. The van der Waals surface area contributed by atoms with E-state index in [1.165, 1.54) is 32.4 Å². The van der Waals surface area contributed by atoms with Crippen molar-refractivity contribution in [2.24, 2.45) is 0 Å². The Kier molecular flexibility index (Phi) is 5.31. The molecular weight excluding hydrogens is 314 g/mol. The zero-order chi connectivity index (χ0) is 17.7. The van der Waals surface area contributed by atoms with Gasteiger partial charge >= 0.3 is 11.9 Å². The maximum Gasteiger partial charge on any atom is 0.337 e. The Balaban J connectivity index is 2.32. The number of aryl methyl sites for hydroxylation is 1. The molecule has 0 aliphatic heterocycles. The zero-order valence-electron chi connectivity index (χ0n) is 13.5. The number of amides is 1. The Morgan fingerprint density at radius 3 is 2.12 bits per heavy atom. The molecule has 0 radical (unpaired) electrons. The minimum Gasteiger partial charge on any atom is -0.465 e. The van der Waals surface area contributed by atoms with E-state index >= 15 is 0 Å². The summed E-state index contributed by atoms with van der Waals surface area (Å²) in [5, 5.41) is 6.70. The molecule has 1 aromatic carbocycles. The van der Waals surface area contributed by atoms with E-state index in [0.717, 1.165) is 0 Å². The first-order chi connectivity index (χ1) is 11.5. The number of hydrogen-bond donors (Lipinski definition) is 1. The van der Waals surface area contributed by atoms with Crippen LogP contribution in [0, 0.1) is 0 Å². The van der Waals surface area contributed by atoms with Crippen molar-refractivity contribution in [2.75, 3.05) is 19.5 Å². The smallest absolute Gasteiger partial charge is 0.337 e. The second-order valence-electron chi connectivity index (χ2n) is 4.79. The van der Waals surface area contributed by atoms with E-state index in [4.69, 9.17) is 0 Å². The molecule has 1 amide bonds. The predicted molar refractivity (Wildman–Crippen MR) is 85.0 cm³/mol. The van der Waals surface area contributed by atoms with Gasteiger partial charge in [-0.15, -0.1) is 0 Å². The third-order valence-electron chi connectivity index (χ3n) is 3.23. The van der Waals surface area contributed by atoms with Crippen LogP contribution in [0.1, 0.15) is 38.1 Å². The number of rotatable bonds is 5. The molecule has 0 unspecified atom stereocenters. The van der Waals surface area contributed by atoms with E-state index in [0.29, 0.717) is 6.54 Å². The third kappa shape index (κ3) is 3.78. The normalized spacial score (nSPS) is 10.1. The van der Waals surface area contributed by atoms with E-state index in [2.05, 4.69) is 19.9 Å². The molecule has 0 bridgehead atoms. The highest BCUT2D eigenvalue weighted by molar-refractivity contribution is 6.04. The van der Waals surface area contributed by atoms with Crippen LogP contribution in [0.4, 0.5) is 5.69 Å². The second kappa shape index (κ2) is 7.40. The summed E-state index contributed by atoms with van der Waals surface area (Å²) in [7, 11) is 2.45. The molecule has 0 aliphatic rings. The van der Waals surface area contributed by atoms with Gasteiger partial charge in [0.25, 0.3) is 5.91 Å². The lowest BCUT2D eigenvalue weighted by Crippen LogP contribution is -2.15. The highest BCUT2D eigenvalue weighted by Gasteiger charge is 2.16. The highest BCUT2D eigenvalue weighted by atomic mass is 16.5. The lowest BCUT2D eigenvalue weighted by molar-refractivity contribution is 0.0599. The number of nitrogens with zero attached hydrogens (tertiary/aromatic N) is 2. The summed E-state index contributed by atoms with van der Waals surface area (Å²) in [6.07, 6.45) is 1.68. The first-order valence-corrected chi connectivity index (χ1v) is 7.15. The van der Waals surface area contributed by atoms with Crippen molar-refractivity contribution in [3.05, 3.63) is 47.3 Å². The largest absolute Gasteiger partial charge is 0.465 e. The first-order valence-electron chi connectivity index (χ1n) is 7.15. The Morgan fingerprint density at radius 2 is 1.67 bits per heavy atom. The van der Waals surface area contributed by atoms with Gasteiger partial charge in [-0.3, -0.25) is 9.48 Å². The quantitative estimate of drug-likeness (QED) is 0.838. The van der Waals surface area contributed by atoms with Crippen LogP contribution in [0.15, 0.2) is 30.5 Å². The van der Waals surface area contributed by atoms with Gasteiger partial charge in [0.05, 0.1) is 25.3 Å². The van der Waals surface area contributed by atoms with Gasteiger partial charge in [0.1, 0.15) is 0 Å². The fourth-order valence-corrected chi connectivity index (χ4v) is 2.03. The average Bonchev–Trinajstić information content (AvgIpc) is 3.09. The van der Waals surface area contributed by atoms with E-state index in [-0.39, 0.29) is 22.5 Å². The number of nitrogens with one attached hydrogen (secondary N) is 1. The SMILES string of the molecule is CCn1ccc(C(=O)Nc2cc(C(=O)OC)cc(C(=O)OC)c2)n1. The Bertz CT molecular complexity index is 748. The lowest BCUT2D eigenvalue weighted by Gasteiger charge is -2.08. The summed E-state index contributed by atoms with van der Waals surface area (Å²) in [4.78, 5) is 35.7. The molecule has 0 atom stereocenters. The summed E-state index contributed by atoms with van der Waals surface area (Å²) >= 11 is 0. The van der Waals surface area contributed by atoms with E-state index < -0.39 is 17.8 Å². The van der Waals surface area contributed by atoms with Gasteiger partial charge in [0.2, 0.25) is 0 Å². The van der Waals surface area contributed by atoms with Gasteiger partial charge in [-0.05, 0) is 31.2 Å². The van der Waals surface area contributed by atoms with Crippen LogP contribution >= 0.6 is 0 Å². The van der Waals surface area contributed by atoms with Gasteiger partial charge in [0.15, 0.2) is 5.69 Å². The first kappa shape index (κ1) is 17.2. The van der Waals surface area contributed by atoms with Crippen molar-refractivity contribution in [2.45, 2.75) is 13.5 Å². The minimum absolute atomic E-state index is 0.120. The van der Waals surface area contributed by atoms with Crippen LogP contribution in [0.3, 0.4) is 0 Å². The average molecular weight is 331 g/mol. The predicted octanol–water partition coefficient (Wildman–Crippen LogP) is 1.73. The Morgan fingerprint density at radius 1 is 1.08 bits per heavy atom. The highest BCUT2D eigenvalue weighted by Crippen LogP contribution is 2.18. The van der Waals surface area contributed by atoms with Crippen LogP contribution in [0.25, 0.3) is 0 Å². The number of anilines is 1. The minimum atomic E-state index is -0.633. The molecule has 1 heterocycles. The summed E-state index contributed by atoms with van der Waals surface area (Å²) in [6.45, 7) is 2.54. The molecular formula is C16H17N3O5. The van der Waals surface area contributed by atoms with Gasteiger partial charge in [-0.25, -0.2) is 9.59 Å². The number of carbonyl (C=O) groups is 3. The van der Waals surface area contributed by atoms with E-state index in [9.17, 15) is 14.4 Å². The summed E-state index contributed by atoms with van der Waals surface area (Å²) in [5.74, 6) is -1.72. The number of ether oxygens (including phenoxy) is 2. The molecule has 8 nitrogen and oxygen atoms in total. The van der Waals surface area contributed by atoms with Crippen LogP contribution in [0.5, 0.6) is 0 Å². The number of hydrogen-bond acceptors (Lipinski definition) is 6. The number of carbonyl (C=O) groups excluding carboxylic acids is 3. The van der Waals surface area contributed by atoms with Gasteiger partial charge in [0, 0.05) is 18.4 Å². The van der Waals surface area contributed by atoms with Crippen molar-refractivity contribution in [3.63, 3.8) is 0 Å². The number of methoxy groups -OCH3 is 2. The van der Waals surface area contributed by atoms with Crippen LogP contribution in [-0.4, -0.2) is 41.8 Å². The van der Waals surface area contributed by atoms with Gasteiger partial charge in [-0.1, -0.05) is 0 Å². The monoisotopic (exact) mass is 331 g/mol. The molecule has 2 rings (SSSR count). The lowest BCUT2D eigenvalue weighted by atomic mass is 10.1. The molecule has 126 valence electrons. The van der Waals surface area contributed by atoms with Crippen molar-refractivity contribution < 1.29 is 23.9 Å². The number of benzene rings is 1. The molecule has 0 saturated heterocycles. The van der Waals surface area contributed by atoms with Crippen LogP contribution in [-0.2, 0) is 16.0 Å². The number of aromatic nitrogens is 2. The van der Waals surface area contributed by atoms with E-state index in [1.807, 2.05) is 6.92 Å². The van der Waals surface area contributed by atoms with Gasteiger partial charge in [-0.2, -0.15) is 5.10 Å². The third-order valence-corrected chi connectivity index (χ3v) is 3.23. The standard InChI is InChI=1S/C16H17N3O5/c1-4-19-6-5-13(18-19)14(20)17-12-8-10(15(21)23-2)7-11(9-12)16(22)24-3/h5-9H,4H2,1-3H3,(H,17,20). The summed E-state index contributed by atoms with van der Waals surface area (Å²) < 4.78 is 10.9. The Labute approximate surface area is 138 Å². The van der Waals surface area contributed by atoms with E-state index in [1.54, 1.807) is 16.9 Å². The molecule has 2 aromatic rings. The maximum atomic E-state index is 12.2. The van der Waals surface area contributed by atoms with Crippen molar-refractivity contribution in [1.29, 1.82) is 0 Å². The Hall–Kier alpha value is -3.16. The molecule has 0 aliphatic carbocycles. The molecule has 8 heteroatoms. The molecule has 1 aromatic heterocycles. The maximum absolute atomic E-state index is 12.2. The van der Waals surface area contributed by atoms with Gasteiger partial charge < -0.3 is 14.8 Å².